The van der Waals surface area contributed by atoms with Gasteiger partial charge in [-0.05, 0) is 42.7 Å². The lowest BCUT2D eigenvalue weighted by atomic mass is 10.1. The maximum atomic E-state index is 13.3. The van der Waals surface area contributed by atoms with Crippen LogP contribution in [-0.2, 0) is 22.7 Å². The molecule has 0 saturated heterocycles. The Morgan fingerprint density at radius 3 is 2.24 bits per heavy atom. The number of benzene rings is 1. The van der Waals surface area contributed by atoms with Crippen molar-refractivity contribution in [1.29, 1.82) is 0 Å². The SMILES string of the molecule is CCC(=O)N(CC(=O)N(Cc1ccc(F)cc1)Cc1ccc(C)s1)C[C@H](C)CC. The average molecular weight is 419 g/mol. The summed E-state index contributed by atoms with van der Waals surface area (Å²) in [6, 6.07) is 10.3. The highest BCUT2D eigenvalue weighted by molar-refractivity contribution is 7.11. The molecule has 1 aromatic carbocycles. The van der Waals surface area contributed by atoms with E-state index in [4.69, 9.17) is 0 Å². The van der Waals surface area contributed by atoms with E-state index in [1.54, 1.807) is 33.3 Å². The van der Waals surface area contributed by atoms with Gasteiger partial charge in [0.2, 0.25) is 11.8 Å². The van der Waals surface area contributed by atoms with E-state index in [1.807, 2.05) is 26.0 Å². The zero-order chi connectivity index (χ0) is 21.4. The smallest absolute Gasteiger partial charge is 0.242 e. The fraction of sp³-hybridized carbons (Fsp3) is 0.478. The Kier molecular flexibility index (Phi) is 8.83. The highest BCUT2D eigenvalue weighted by Gasteiger charge is 2.22. The minimum Gasteiger partial charge on any atom is -0.333 e. The summed E-state index contributed by atoms with van der Waals surface area (Å²) in [5.74, 6) is -0.0598. The largest absolute Gasteiger partial charge is 0.333 e. The molecule has 0 aliphatic carbocycles. The molecule has 0 aliphatic rings. The van der Waals surface area contributed by atoms with Crippen molar-refractivity contribution < 1.29 is 14.0 Å². The zero-order valence-electron chi connectivity index (χ0n) is 17.8. The summed E-state index contributed by atoms with van der Waals surface area (Å²) in [5, 5.41) is 0. The van der Waals surface area contributed by atoms with Crippen LogP contribution in [0, 0.1) is 18.7 Å². The molecular weight excluding hydrogens is 387 g/mol. The molecule has 0 bridgehead atoms. The molecule has 1 atom stereocenters. The monoisotopic (exact) mass is 418 g/mol. The van der Waals surface area contributed by atoms with Crippen molar-refractivity contribution in [2.24, 2.45) is 5.92 Å². The van der Waals surface area contributed by atoms with Crippen LogP contribution >= 0.6 is 11.3 Å². The van der Waals surface area contributed by atoms with Crippen LogP contribution in [0.4, 0.5) is 4.39 Å². The van der Waals surface area contributed by atoms with Crippen LogP contribution in [0.1, 0.15) is 48.9 Å². The maximum Gasteiger partial charge on any atom is 0.242 e. The Morgan fingerprint density at radius 1 is 1.00 bits per heavy atom. The van der Waals surface area contributed by atoms with E-state index in [1.165, 1.54) is 17.0 Å². The number of carbonyl (C=O) groups is 2. The molecule has 6 heteroatoms. The second-order valence-corrected chi connectivity index (χ2v) is 8.90. The van der Waals surface area contributed by atoms with Crippen LogP contribution in [0.2, 0.25) is 0 Å². The number of nitrogens with zero attached hydrogens (tertiary/aromatic N) is 2. The number of hydrogen-bond acceptors (Lipinski definition) is 3. The van der Waals surface area contributed by atoms with Crippen molar-refractivity contribution in [2.75, 3.05) is 13.1 Å². The van der Waals surface area contributed by atoms with Gasteiger partial charge in [0, 0.05) is 29.3 Å². The van der Waals surface area contributed by atoms with Gasteiger partial charge in [-0.25, -0.2) is 4.39 Å². The summed E-state index contributed by atoms with van der Waals surface area (Å²) < 4.78 is 13.3. The standard InChI is InChI=1S/C23H31FN2O2S/c1-5-17(3)13-25(22(27)6-2)16-23(28)26(15-21-12-7-18(4)29-21)14-19-8-10-20(24)11-9-19/h7-12,17H,5-6,13-16H2,1-4H3/t17-/m1/s1. The third-order valence-corrected chi connectivity index (χ3v) is 5.98. The summed E-state index contributed by atoms with van der Waals surface area (Å²) in [4.78, 5) is 31.3. The van der Waals surface area contributed by atoms with Crippen molar-refractivity contribution in [1.82, 2.24) is 9.80 Å². The van der Waals surface area contributed by atoms with Crippen LogP contribution < -0.4 is 0 Å². The molecule has 1 heterocycles. The van der Waals surface area contributed by atoms with E-state index in [0.717, 1.165) is 16.9 Å². The van der Waals surface area contributed by atoms with E-state index < -0.39 is 0 Å². The molecule has 158 valence electrons. The molecule has 0 fully saturated rings. The van der Waals surface area contributed by atoms with Crippen LogP contribution in [-0.4, -0.2) is 34.7 Å². The van der Waals surface area contributed by atoms with E-state index in [-0.39, 0.29) is 24.2 Å². The minimum atomic E-state index is -0.297. The normalized spacial score (nSPS) is 11.9. The van der Waals surface area contributed by atoms with Gasteiger partial charge in [-0.2, -0.15) is 0 Å². The summed E-state index contributed by atoms with van der Waals surface area (Å²) in [6.07, 6.45) is 1.33. The highest BCUT2D eigenvalue weighted by Crippen LogP contribution is 2.19. The average Bonchev–Trinajstić information content (AvgIpc) is 3.12. The third-order valence-electron chi connectivity index (χ3n) is 4.99. The van der Waals surface area contributed by atoms with Crippen molar-refractivity contribution in [3.63, 3.8) is 0 Å². The molecule has 4 nitrogen and oxygen atoms in total. The number of thiophene rings is 1. The Labute approximate surface area is 177 Å². The molecular formula is C23H31FN2O2S. The topological polar surface area (TPSA) is 40.6 Å². The van der Waals surface area contributed by atoms with E-state index in [9.17, 15) is 14.0 Å². The minimum absolute atomic E-state index is 0.00708. The molecule has 2 rings (SSSR count). The van der Waals surface area contributed by atoms with Gasteiger partial charge in [-0.15, -0.1) is 11.3 Å². The Balaban J connectivity index is 2.18. The van der Waals surface area contributed by atoms with Crippen LogP contribution in [0.25, 0.3) is 0 Å². The summed E-state index contributed by atoms with van der Waals surface area (Å²) in [7, 11) is 0. The number of carbonyl (C=O) groups excluding carboxylic acids is 2. The number of hydrogen-bond donors (Lipinski definition) is 0. The molecule has 2 amide bonds. The molecule has 0 aliphatic heterocycles. The molecule has 0 radical (unpaired) electrons. The van der Waals surface area contributed by atoms with Gasteiger partial charge in [0.05, 0.1) is 13.1 Å². The second kappa shape index (κ2) is 11.1. The zero-order valence-corrected chi connectivity index (χ0v) is 18.6. The van der Waals surface area contributed by atoms with Gasteiger partial charge in [-0.1, -0.05) is 39.3 Å². The molecule has 0 spiro atoms. The number of halogens is 1. The first-order valence-electron chi connectivity index (χ1n) is 10.2. The molecule has 0 unspecified atom stereocenters. The first kappa shape index (κ1) is 23.1. The Hall–Kier alpha value is -2.21. The van der Waals surface area contributed by atoms with E-state index in [2.05, 4.69) is 13.8 Å². The van der Waals surface area contributed by atoms with Gasteiger partial charge in [0.15, 0.2) is 0 Å². The van der Waals surface area contributed by atoms with Gasteiger partial charge in [0.25, 0.3) is 0 Å². The van der Waals surface area contributed by atoms with Crippen LogP contribution in [0.5, 0.6) is 0 Å². The fourth-order valence-corrected chi connectivity index (χ4v) is 3.95. The molecule has 2 aromatic rings. The quantitative estimate of drug-likeness (QED) is 0.544. The highest BCUT2D eigenvalue weighted by atomic mass is 32.1. The van der Waals surface area contributed by atoms with E-state index in [0.29, 0.717) is 32.0 Å². The van der Waals surface area contributed by atoms with Crippen molar-refractivity contribution in [2.45, 2.75) is 53.6 Å². The molecule has 1 aromatic heterocycles. The predicted molar refractivity (Wildman–Crippen MR) is 116 cm³/mol. The fourth-order valence-electron chi connectivity index (χ4n) is 3.05. The number of rotatable bonds is 10. The van der Waals surface area contributed by atoms with Crippen molar-refractivity contribution in [3.05, 3.63) is 57.5 Å². The van der Waals surface area contributed by atoms with E-state index >= 15 is 0 Å². The van der Waals surface area contributed by atoms with Crippen LogP contribution in [0.3, 0.4) is 0 Å². The summed E-state index contributed by atoms with van der Waals surface area (Å²) >= 11 is 1.66. The molecule has 0 N–H and O–H groups in total. The summed E-state index contributed by atoms with van der Waals surface area (Å²) in [5.41, 5.74) is 0.864. The Morgan fingerprint density at radius 2 is 1.69 bits per heavy atom. The van der Waals surface area contributed by atoms with Gasteiger partial charge in [0.1, 0.15) is 5.82 Å². The Bertz CT molecular complexity index is 803. The first-order chi connectivity index (χ1) is 13.8. The van der Waals surface area contributed by atoms with Gasteiger partial charge >= 0.3 is 0 Å². The first-order valence-corrected chi connectivity index (χ1v) is 11.0. The lowest BCUT2D eigenvalue weighted by Crippen LogP contribution is -2.43. The maximum absolute atomic E-state index is 13.3. The molecule has 0 saturated carbocycles. The number of amides is 2. The lowest BCUT2D eigenvalue weighted by molar-refractivity contribution is -0.141. The number of aryl methyl sites for hydroxylation is 1. The second-order valence-electron chi connectivity index (χ2n) is 7.53. The van der Waals surface area contributed by atoms with Crippen molar-refractivity contribution in [3.8, 4) is 0 Å². The van der Waals surface area contributed by atoms with Gasteiger partial charge < -0.3 is 9.80 Å². The lowest BCUT2D eigenvalue weighted by Gasteiger charge is -2.29. The van der Waals surface area contributed by atoms with Gasteiger partial charge in [-0.3, -0.25) is 9.59 Å². The van der Waals surface area contributed by atoms with Crippen molar-refractivity contribution >= 4 is 23.2 Å². The van der Waals surface area contributed by atoms with Crippen LogP contribution in [0.15, 0.2) is 36.4 Å². The summed E-state index contributed by atoms with van der Waals surface area (Å²) in [6.45, 7) is 9.54. The molecule has 29 heavy (non-hydrogen) atoms. The predicted octanol–water partition coefficient (Wildman–Crippen LogP) is 5.01. The third kappa shape index (κ3) is 7.28.